The quantitative estimate of drug-likeness (QED) is 0.893. The van der Waals surface area contributed by atoms with Crippen molar-refractivity contribution < 1.29 is 9.59 Å². The van der Waals surface area contributed by atoms with E-state index in [2.05, 4.69) is 5.32 Å². The number of rotatable bonds is 2. The van der Waals surface area contributed by atoms with Gasteiger partial charge in [-0.3, -0.25) is 4.79 Å². The molecule has 1 aromatic carbocycles. The second-order valence-electron chi connectivity index (χ2n) is 5.52. The van der Waals surface area contributed by atoms with Gasteiger partial charge in [-0.15, -0.1) is 0 Å². The second-order valence-corrected chi connectivity index (χ2v) is 5.52. The van der Waals surface area contributed by atoms with E-state index in [9.17, 15) is 9.59 Å². The summed E-state index contributed by atoms with van der Waals surface area (Å²) in [6.07, 6.45) is 0.354. The number of carbonyl (C=O) groups excluding carboxylic acids is 2. The van der Waals surface area contributed by atoms with Gasteiger partial charge in [-0.1, -0.05) is 6.07 Å². The van der Waals surface area contributed by atoms with E-state index < -0.39 is 0 Å². The number of hydrogen-bond donors (Lipinski definition) is 1. The van der Waals surface area contributed by atoms with Gasteiger partial charge in [0.1, 0.15) is 0 Å². The second kappa shape index (κ2) is 5.53. The minimum Gasteiger partial charge on any atom is -0.333 e. The molecule has 5 heteroatoms. The first kappa shape index (κ1) is 14.4. The van der Waals surface area contributed by atoms with Gasteiger partial charge in [0.2, 0.25) is 5.91 Å². The van der Waals surface area contributed by atoms with Crippen LogP contribution in [0.15, 0.2) is 18.2 Å². The lowest BCUT2D eigenvalue weighted by atomic mass is 10.1. The third kappa shape index (κ3) is 2.92. The molecule has 0 unspecified atom stereocenters. The van der Waals surface area contributed by atoms with Crippen LogP contribution in [-0.4, -0.2) is 43.5 Å². The highest BCUT2D eigenvalue weighted by molar-refractivity contribution is 5.96. The largest absolute Gasteiger partial charge is 0.333 e. The predicted octanol–water partition coefficient (Wildman–Crippen LogP) is 1.68. The highest BCUT2D eigenvalue weighted by Crippen LogP contribution is 2.24. The summed E-state index contributed by atoms with van der Waals surface area (Å²) in [5.41, 5.74) is 3.27. The van der Waals surface area contributed by atoms with Gasteiger partial charge in [-0.25, -0.2) is 4.79 Å². The maximum atomic E-state index is 12.1. The fourth-order valence-corrected chi connectivity index (χ4v) is 2.25. The van der Waals surface area contributed by atoms with Crippen LogP contribution < -0.4 is 10.2 Å². The number of nitrogens with one attached hydrogen (secondary N) is 1. The third-order valence-electron chi connectivity index (χ3n) is 3.66. The number of anilines is 1. The summed E-state index contributed by atoms with van der Waals surface area (Å²) in [7, 11) is 3.38. The molecule has 5 nitrogen and oxygen atoms in total. The van der Waals surface area contributed by atoms with Crippen molar-refractivity contribution in [1.82, 2.24) is 10.2 Å². The van der Waals surface area contributed by atoms with Crippen LogP contribution in [0.5, 0.6) is 0 Å². The lowest BCUT2D eigenvalue weighted by molar-refractivity contribution is -0.117. The van der Waals surface area contributed by atoms with Crippen LogP contribution in [0, 0.1) is 13.8 Å². The molecule has 1 aromatic rings. The highest BCUT2D eigenvalue weighted by Gasteiger charge is 2.31. The normalized spacial score (nSPS) is 18.3. The number of hydrogen-bond acceptors (Lipinski definition) is 2. The zero-order valence-corrected chi connectivity index (χ0v) is 12.4. The lowest BCUT2D eigenvalue weighted by Crippen LogP contribution is -2.42. The van der Waals surface area contributed by atoms with E-state index >= 15 is 0 Å². The van der Waals surface area contributed by atoms with Crippen LogP contribution in [0.1, 0.15) is 17.5 Å². The molecule has 1 heterocycles. The van der Waals surface area contributed by atoms with Crippen LogP contribution >= 0.6 is 0 Å². The minimum absolute atomic E-state index is 0.0531. The SMILES string of the molecule is Cc1ccc(N2C[C@H](NC(=O)N(C)C)CC2=O)cc1C. The Hall–Kier alpha value is -2.04. The van der Waals surface area contributed by atoms with Crippen molar-refractivity contribution in [2.24, 2.45) is 0 Å². The van der Waals surface area contributed by atoms with Gasteiger partial charge in [-0.05, 0) is 37.1 Å². The highest BCUT2D eigenvalue weighted by atomic mass is 16.2. The van der Waals surface area contributed by atoms with Gasteiger partial charge in [-0.2, -0.15) is 0 Å². The van der Waals surface area contributed by atoms with Crippen LogP contribution in [0.4, 0.5) is 10.5 Å². The van der Waals surface area contributed by atoms with Crippen molar-refractivity contribution in [2.75, 3.05) is 25.5 Å². The Labute approximate surface area is 119 Å². The van der Waals surface area contributed by atoms with Gasteiger partial charge >= 0.3 is 6.03 Å². The monoisotopic (exact) mass is 275 g/mol. The Morgan fingerprint density at radius 2 is 2.00 bits per heavy atom. The fraction of sp³-hybridized carbons (Fsp3) is 0.467. The molecule has 108 valence electrons. The maximum absolute atomic E-state index is 12.1. The van der Waals surface area contributed by atoms with E-state index in [1.165, 1.54) is 10.5 Å². The first-order valence-electron chi connectivity index (χ1n) is 6.74. The molecule has 0 spiro atoms. The van der Waals surface area contributed by atoms with Crippen molar-refractivity contribution in [3.8, 4) is 0 Å². The standard InChI is InChI=1S/C15H21N3O2/c1-10-5-6-13(7-11(10)2)18-9-12(8-14(18)19)16-15(20)17(3)4/h5-7,12H,8-9H2,1-4H3,(H,16,20)/t12-/m1/s1. The third-order valence-corrected chi connectivity index (χ3v) is 3.66. The summed E-state index contributed by atoms with van der Waals surface area (Å²) in [4.78, 5) is 26.9. The molecule has 1 aliphatic heterocycles. The molecule has 2 rings (SSSR count). The zero-order valence-electron chi connectivity index (χ0n) is 12.4. The number of benzene rings is 1. The van der Waals surface area contributed by atoms with Crippen LogP contribution in [0.25, 0.3) is 0 Å². The van der Waals surface area contributed by atoms with E-state index in [4.69, 9.17) is 0 Å². The Morgan fingerprint density at radius 3 is 2.60 bits per heavy atom. The Kier molecular flexibility index (Phi) is 3.97. The van der Waals surface area contributed by atoms with E-state index in [1.807, 2.05) is 32.0 Å². The minimum atomic E-state index is -0.162. The summed E-state index contributed by atoms with van der Waals surface area (Å²) in [5, 5.41) is 2.86. The molecular weight excluding hydrogens is 254 g/mol. The number of aryl methyl sites for hydroxylation is 2. The van der Waals surface area contributed by atoms with Crippen LogP contribution in [0.3, 0.4) is 0 Å². The summed E-state index contributed by atoms with van der Waals surface area (Å²) < 4.78 is 0. The predicted molar refractivity (Wildman–Crippen MR) is 78.9 cm³/mol. The van der Waals surface area contributed by atoms with Gasteiger partial charge < -0.3 is 15.1 Å². The van der Waals surface area contributed by atoms with Crippen molar-refractivity contribution >= 4 is 17.6 Å². The molecule has 0 aromatic heterocycles. The van der Waals surface area contributed by atoms with Crippen molar-refractivity contribution in [3.63, 3.8) is 0 Å². The zero-order chi connectivity index (χ0) is 14.9. The topological polar surface area (TPSA) is 52.7 Å². The van der Waals surface area contributed by atoms with Crippen LogP contribution in [-0.2, 0) is 4.79 Å². The summed E-state index contributed by atoms with van der Waals surface area (Å²) in [6.45, 7) is 4.61. The molecule has 1 fully saturated rings. The molecule has 1 atom stereocenters. The molecule has 20 heavy (non-hydrogen) atoms. The summed E-state index contributed by atoms with van der Waals surface area (Å²) in [5.74, 6) is 0.0531. The van der Waals surface area contributed by atoms with Crippen molar-refractivity contribution in [3.05, 3.63) is 29.3 Å². The molecular formula is C15H21N3O2. The number of amides is 3. The van der Waals surface area contributed by atoms with Gasteiger partial charge in [0.05, 0.1) is 6.04 Å². The molecule has 0 saturated carbocycles. The average molecular weight is 275 g/mol. The molecule has 3 amide bonds. The molecule has 0 aliphatic carbocycles. The maximum Gasteiger partial charge on any atom is 0.317 e. The number of nitrogens with zero attached hydrogens (tertiary/aromatic N) is 2. The van der Waals surface area contributed by atoms with Crippen LogP contribution in [0.2, 0.25) is 0 Å². The fourth-order valence-electron chi connectivity index (χ4n) is 2.25. The Balaban J connectivity index is 2.09. The molecule has 1 aliphatic rings. The molecule has 1 saturated heterocycles. The lowest BCUT2D eigenvalue weighted by Gasteiger charge is -2.19. The van der Waals surface area contributed by atoms with Gasteiger partial charge in [0.25, 0.3) is 0 Å². The van der Waals surface area contributed by atoms with Gasteiger partial charge in [0, 0.05) is 32.7 Å². The average Bonchev–Trinajstić information content (AvgIpc) is 2.73. The van der Waals surface area contributed by atoms with E-state index in [1.54, 1.807) is 19.0 Å². The first-order chi connectivity index (χ1) is 9.38. The molecule has 0 bridgehead atoms. The smallest absolute Gasteiger partial charge is 0.317 e. The number of carbonyl (C=O) groups is 2. The Morgan fingerprint density at radius 1 is 1.30 bits per heavy atom. The summed E-state index contributed by atoms with van der Waals surface area (Å²) in [6, 6.07) is 5.70. The van der Waals surface area contributed by atoms with Crippen molar-refractivity contribution in [1.29, 1.82) is 0 Å². The first-order valence-corrected chi connectivity index (χ1v) is 6.74. The summed E-state index contributed by atoms with van der Waals surface area (Å²) >= 11 is 0. The van der Waals surface area contributed by atoms with Crippen molar-refractivity contribution in [2.45, 2.75) is 26.3 Å². The molecule has 0 radical (unpaired) electrons. The van der Waals surface area contributed by atoms with E-state index in [0.29, 0.717) is 13.0 Å². The van der Waals surface area contributed by atoms with E-state index in [-0.39, 0.29) is 18.0 Å². The molecule has 1 N–H and O–H groups in total. The number of urea groups is 1. The van der Waals surface area contributed by atoms with Gasteiger partial charge in [0.15, 0.2) is 0 Å². The van der Waals surface area contributed by atoms with E-state index in [0.717, 1.165) is 11.3 Å². The Bertz CT molecular complexity index is 540.